The Kier molecular flexibility index (Phi) is 3.88. The first-order chi connectivity index (χ1) is 7.24. The van der Waals surface area contributed by atoms with Crippen LogP contribution in [-0.2, 0) is 4.79 Å². The fourth-order valence-electron chi connectivity index (χ4n) is 1.97. The van der Waals surface area contributed by atoms with Gasteiger partial charge in [0.2, 0.25) is 5.91 Å². The van der Waals surface area contributed by atoms with Crippen molar-refractivity contribution in [3.63, 3.8) is 0 Å². The summed E-state index contributed by atoms with van der Waals surface area (Å²) >= 11 is 1.90. The van der Waals surface area contributed by atoms with Crippen LogP contribution in [0.25, 0.3) is 0 Å². The third kappa shape index (κ3) is 3.36. The Bertz CT molecular complexity index is 225. The van der Waals surface area contributed by atoms with Crippen LogP contribution in [0.1, 0.15) is 19.3 Å². The lowest BCUT2D eigenvalue weighted by Crippen LogP contribution is -2.49. The second-order valence-electron chi connectivity index (χ2n) is 4.32. The second-order valence-corrected chi connectivity index (χ2v) is 5.47. The molecule has 1 amide bonds. The van der Waals surface area contributed by atoms with Gasteiger partial charge >= 0.3 is 0 Å². The number of aliphatic hydroxyl groups is 1. The predicted octanol–water partition coefficient (Wildman–Crippen LogP) is -0.279. The molecule has 2 fully saturated rings. The van der Waals surface area contributed by atoms with Gasteiger partial charge in [-0.3, -0.25) is 4.79 Å². The monoisotopic (exact) mass is 230 g/mol. The van der Waals surface area contributed by atoms with E-state index in [9.17, 15) is 4.79 Å². The molecule has 4 nitrogen and oxygen atoms in total. The van der Waals surface area contributed by atoms with Gasteiger partial charge < -0.3 is 15.7 Å². The Morgan fingerprint density at radius 1 is 1.53 bits per heavy atom. The molecule has 0 radical (unpaired) electrons. The van der Waals surface area contributed by atoms with Crippen LogP contribution in [-0.4, -0.2) is 47.3 Å². The van der Waals surface area contributed by atoms with Gasteiger partial charge in [-0.2, -0.15) is 11.8 Å². The molecular formula is C10H18N2O2S. The van der Waals surface area contributed by atoms with E-state index in [4.69, 9.17) is 5.11 Å². The summed E-state index contributed by atoms with van der Waals surface area (Å²) in [6.07, 6.45) is 1.81. The zero-order chi connectivity index (χ0) is 10.7. The Morgan fingerprint density at radius 2 is 2.33 bits per heavy atom. The number of amides is 1. The summed E-state index contributed by atoms with van der Waals surface area (Å²) in [7, 11) is 0. The maximum absolute atomic E-state index is 11.6. The number of rotatable bonds is 3. The summed E-state index contributed by atoms with van der Waals surface area (Å²) in [5, 5.41) is 15.4. The van der Waals surface area contributed by atoms with E-state index in [-0.39, 0.29) is 18.1 Å². The predicted molar refractivity (Wildman–Crippen MR) is 60.9 cm³/mol. The average molecular weight is 230 g/mol. The second kappa shape index (κ2) is 5.18. The van der Waals surface area contributed by atoms with E-state index in [0.29, 0.717) is 12.5 Å². The molecule has 2 aliphatic rings. The fourth-order valence-corrected chi connectivity index (χ4v) is 2.92. The Labute approximate surface area is 94.2 Å². The van der Waals surface area contributed by atoms with Crippen LogP contribution in [0.3, 0.4) is 0 Å². The third-order valence-electron chi connectivity index (χ3n) is 2.91. The summed E-state index contributed by atoms with van der Waals surface area (Å²) in [6, 6.07) is 0.539. The Balaban J connectivity index is 1.63. The summed E-state index contributed by atoms with van der Waals surface area (Å²) in [5.74, 6) is 2.29. The SMILES string of the molecule is O=C(CC1CSCCN1)NC1CC(O)C1. The molecule has 1 unspecified atom stereocenters. The number of hydrogen-bond donors (Lipinski definition) is 3. The molecule has 3 N–H and O–H groups in total. The van der Waals surface area contributed by atoms with Gasteiger partial charge in [-0.05, 0) is 12.8 Å². The smallest absolute Gasteiger partial charge is 0.221 e. The minimum atomic E-state index is -0.196. The van der Waals surface area contributed by atoms with Gasteiger partial charge in [-0.25, -0.2) is 0 Å². The fraction of sp³-hybridized carbons (Fsp3) is 0.900. The van der Waals surface area contributed by atoms with E-state index in [1.807, 2.05) is 11.8 Å². The largest absolute Gasteiger partial charge is 0.393 e. The quantitative estimate of drug-likeness (QED) is 0.624. The van der Waals surface area contributed by atoms with E-state index in [1.165, 1.54) is 0 Å². The zero-order valence-corrected chi connectivity index (χ0v) is 9.55. The van der Waals surface area contributed by atoms with Crippen molar-refractivity contribution < 1.29 is 9.90 Å². The van der Waals surface area contributed by atoms with Crippen LogP contribution in [0.5, 0.6) is 0 Å². The lowest BCUT2D eigenvalue weighted by atomic mass is 9.89. The highest BCUT2D eigenvalue weighted by Crippen LogP contribution is 2.19. The average Bonchev–Trinajstić information content (AvgIpc) is 2.17. The van der Waals surface area contributed by atoms with Crippen LogP contribution >= 0.6 is 11.8 Å². The molecule has 86 valence electrons. The molecule has 0 aromatic heterocycles. The molecule has 2 rings (SSSR count). The molecule has 0 aromatic rings. The molecule has 1 heterocycles. The molecule has 0 bridgehead atoms. The van der Waals surface area contributed by atoms with Crippen LogP contribution < -0.4 is 10.6 Å². The highest BCUT2D eigenvalue weighted by atomic mass is 32.2. The van der Waals surface area contributed by atoms with Crippen LogP contribution in [0, 0.1) is 0 Å². The summed E-state index contributed by atoms with van der Waals surface area (Å²) in [5.41, 5.74) is 0. The van der Waals surface area contributed by atoms with Gasteiger partial charge in [0, 0.05) is 36.6 Å². The number of nitrogens with one attached hydrogen (secondary N) is 2. The maximum atomic E-state index is 11.6. The summed E-state index contributed by atoms with van der Waals surface area (Å²) in [6.45, 7) is 1.00. The standard InChI is InChI=1S/C10H18N2O2S/c13-9-3-7(4-9)12-10(14)5-8-6-15-2-1-11-8/h7-9,11,13H,1-6H2,(H,12,14). The molecule has 0 aromatic carbocycles. The lowest BCUT2D eigenvalue weighted by Gasteiger charge is -2.32. The minimum Gasteiger partial charge on any atom is -0.393 e. The number of aliphatic hydroxyl groups excluding tert-OH is 1. The lowest BCUT2D eigenvalue weighted by molar-refractivity contribution is -0.123. The van der Waals surface area contributed by atoms with Gasteiger partial charge in [0.05, 0.1) is 6.10 Å². The van der Waals surface area contributed by atoms with Crippen molar-refractivity contribution >= 4 is 17.7 Å². The molecule has 5 heteroatoms. The topological polar surface area (TPSA) is 61.4 Å². The van der Waals surface area contributed by atoms with Gasteiger partial charge in [-0.1, -0.05) is 0 Å². The van der Waals surface area contributed by atoms with E-state index < -0.39 is 0 Å². The maximum Gasteiger partial charge on any atom is 0.221 e. The van der Waals surface area contributed by atoms with E-state index in [1.54, 1.807) is 0 Å². The normalized spacial score (nSPS) is 35.7. The molecule has 1 atom stereocenters. The Hall–Kier alpha value is -0.260. The summed E-state index contributed by atoms with van der Waals surface area (Å²) < 4.78 is 0. The highest BCUT2D eigenvalue weighted by molar-refractivity contribution is 7.99. The number of hydrogen-bond acceptors (Lipinski definition) is 4. The number of thioether (sulfide) groups is 1. The van der Waals surface area contributed by atoms with E-state index in [0.717, 1.165) is 30.9 Å². The van der Waals surface area contributed by atoms with Gasteiger partial charge in [0.15, 0.2) is 0 Å². The summed E-state index contributed by atoms with van der Waals surface area (Å²) in [4.78, 5) is 11.6. The molecule has 1 saturated carbocycles. The first kappa shape index (κ1) is 11.2. The van der Waals surface area contributed by atoms with E-state index >= 15 is 0 Å². The highest BCUT2D eigenvalue weighted by Gasteiger charge is 2.29. The molecule has 15 heavy (non-hydrogen) atoms. The van der Waals surface area contributed by atoms with Crippen molar-refractivity contribution in [1.82, 2.24) is 10.6 Å². The Morgan fingerprint density at radius 3 is 2.93 bits per heavy atom. The van der Waals surface area contributed by atoms with Crippen molar-refractivity contribution in [2.45, 2.75) is 37.5 Å². The van der Waals surface area contributed by atoms with Crippen molar-refractivity contribution in [2.24, 2.45) is 0 Å². The van der Waals surface area contributed by atoms with Crippen LogP contribution in [0.4, 0.5) is 0 Å². The molecule has 0 spiro atoms. The first-order valence-electron chi connectivity index (χ1n) is 5.52. The minimum absolute atomic E-state index is 0.118. The number of carbonyl (C=O) groups is 1. The van der Waals surface area contributed by atoms with Gasteiger partial charge in [-0.15, -0.1) is 0 Å². The van der Waals surface area contributed by atoms with Crippen molar-refractivity contribution in [1.29, 1.82) is 0 Å². The van der Waals surface area contributed by atoms with Gasteiger partial charge in [0.1, 0.15) is 0 Å². The van der Waals surface area contributed by atoms with Crippen molar-refractivity contribution in [3.8, 4) is 0 Å². The van der Waals surface area contributed by atoms with E-state index in [2.05, 4.69) is 10.6 Å². The van der Waals surface area contributed by atoms with Crippen molar-refractivity contribution in [3.05, 3.63) is 0 Å². The first-order valence-corrected chi connectivity index (χ1v) is 6.68. The van der Waals surface area contributed by atoms with Crippen molar-refractivity contribution in [2.75, 3.05) is 18.1 Å². The molecular weight excluding hydrogens is 212 g/mol. The van der Waals surface area contributed by atoms with Gasteiger partial charge in [0.25, 0.3) is 0 Å². The number of carbonyl (C=O) groups excluding carboxylic acids is 1. The zero-order valence-electron chi connectivity index (χ0n) is 8.74. The molecule has 1 aliphatic heterocycles. The third-order valence-corrected chi connectivity index (χ3v) is 4.04. The van der Waals surface area contributed by atoms with Crippen LogP contribution in [0.15, 0.2) is 0 Å². The van der Waals surface area contributed by atoms with Crippen LogP contribution in [0.2, 0.25) is 0 Å². The molecule has 1 saturated heterocycles. The molecule has 1 aliphatic carbocycles.